The van der Waals surface area contributed by atoms with Gasteiger partial charge in [-0.3, -0.25) is 9.59 Å². The van der Waals surface area contributed by atoms with Crippen molar-refractivity contribution >= 4 is 68.5 Å². The van der Waals surface area contributed by atoms with Crippen LogP contribution in [0.4, 0.5) is 43.4 Å². The second kappa shape index (κ2) is 17.6. The van der Waals surface area contributed by atoms with Gasteiger partial charge in [-0.2, -0.15) is 0 Å². The summed E-state index contributed by atoms with van der Waals surface area (Å²) in [5, 5.41) is 11.9. The molecule has 2 amide bonds. The first-order chi connectivity index (χ1) is 27.3. The number of rotatable bonds is 12. The second-order valence-electron chi connectivity index (χ2n) is 14.2. The molecular weight excluding hydrogens is 747 g/mol. The van der Waals surface area contributed by atoms with Crippen molar-refractivity contribution < 1.29 is 18.4 Å². The number of carbonyl (C=O) groups excluding carboxylic acids is 2. The van der Waals surface area contributed by atoms with Crippen LogP contribution in [0.15, 0.2) is 48.5 Å². The lowest BCUT2D eigenvalue weighted by Gasteiger charge is -2.20. The van der Waals surface area contributed by atoms with Crippen molar-refractivity contribution in [1.29, 1.82) is 0 Å². The lowest BCUT2D eigenvalue weighted by atomic mass is 10.1. The van der Waals surface area contributed by atoms with E-state index >= 15 is 0 Å². The molecule has 16 nitrogen and oxygen atoms in total. The number of amides is 2. The number of hydrogen-bond donors (Lipinski definition) is 8. The molecular formula is C40H48F2N14O2. The number of aryl methyl sites for hydroxylation is 4. The van der Waals surface area contributed by atoms with Gasteiger partial charge in [0.25, 0.3) is 11.8 Å². The van der Waals surface area contributed by atoms with E-state index in [0.29, 0.717) is 22.4 Å². The smallest absolute Gasteiger partial charge is 0.252 e. The Bertz CT molecular complexity index is 2340. The average molecular weight is 795 g/mol. The molecule has 2 aromatic carbocycles. The zero-order chi connectivity index (χ0) is 42.6. The standard InChI is InChI=1S/2C20H24FN7O/c2*1-9(22)10(2)26-20-15(21)8-14(18(23)29)19(28-20)27-13-5-6-16-17(7-13)25-12(4)11(3)24-16/h2*5-10H,22H2,1-4H3,(H2,23,29)(H2,26,27,28)/t2*9-,10+/m10/s1. The topological polar surface area (TPSA) is 264 Å². The van der Waals surface area contributed by atoms with Gasteiger partial charge in [0.05, 0.1) is 56.0 Å². The van der Waals surface area contributed by atoms with Crippen molar-refractivity contribution in [2.45, 2.75) is 79.6 Å². The summed E-state index contributed by atoms with van der Waals surface area (Å²) in [5.74, 6) is -2.73. The number of nitrogens with two attached hydrogens (primary N) is 4. The molecule has 0 saturated carbocycles. The summed E-state index contributed by atoms with van der Waals surface area (Å²) in [6, 6.07) is 11.9. The van der Waals surface area contributed by atoms with E-state index in [2.05, 4.69) is 51.2 Å². The van der Waals surface area contributed by atoms with Crippen LogP contribution in [0.1, 0.15) is 71.2 Å². The molecule has 4 aromatic heterocycles. The number of aromatic nitrogens is 6. The largest absolute Gasteiger partial charge is 0.365 e. The zero-order valence-electron chi connectivity index (χ0n) is 33.5. The van der Waals surface area contributed by atoms with E-state index in [1.807, 2.05) is 53.7 Å². The molecule has 4 atom stereocenters. The Balaban J connectivity index is 0.000000221. The summed E-state index contributed by atoms with van der Waals surface area (Å²) >= 11 is 0. The van der Waals surface area contributed by atoms with Gasteiger partial charge in [-0.05, 0) is 104 Å². The van der Waals surface area contributed by atoms with Gasteiger partial charge in [-0.1, -0.05) is 0 Å². The minimum atomic E-state index is -0.794. The van der Waals surface area contributed by atoms with Crippen molar-refractivity contribution in [3.8, 4) is 0 Å². The van der Waals surface area contributed by atoms with Crippen LogP contribution >= 0.6 is 0 Å². The van der Waals surface area contributed by atoms with Crippen LogP contribution in [0.25, 0.3) is 22.1 Å². The summed E-state index contributed by atoms with van der Waals surface area (Å²) in [4.78, 5) is 50.1. The molecule has 0 fully saturated rings. The number of carbonyl (C=O) groups is 2. The summed E-state index contributed by atoms with van der Waals surface area (Å²) < 4.78 is 28.8. The lowest BCUT2D eigenvalue weighted by molar-refractivity contribution is 0.0992. The van der Waals surface area contributed by atoms with E-state index in [1.54, 1.807) is 38.1 Å². The van der Waals surface area contributed by atoms with Crippen molar-refractivity contribution in [2.75, 3.05) is 21.3 Å². The molecule has 6 aromatic rings. The molecule has 6 rings (SSSR count). The van der Waals surface area contributed by atoms with Gasteiger partial charge in [0.1, 0.15) is 11.6 Å². The van der Waals surface area contributed by atoms with Crippen molar-refractivity contribution in [3.63, 3.8) is 0 Å². The molecule has 12 N–H and O–H groups in total. The summed E-state index contributed by atoms with van der Waals surface area (Å²) in [7, 11) is 0. The van der Waals surface area contributed by atoms with Gasteiger partial charge in [-0.25, -0.2) is 38.7 Å². The Morgan fingerprint density at radius 1 is 0.517 bits per heavy atom. The molecule has 0 aliphatic rings. The number of nitrogens with zero attached hydrogens (tertiary/aromatic N) is 6. The van der Waals surface area contributed by atoms with Crippen LogP contribution in [-0.2, 0) is 0 Å². The maximum Gasteiger partial charge on any atom is 0.252 e. The van der Waals surface area contributed by atoms with Gasteiger partial charge in [0, 0.05) is 35.5 Å². The monoisotopic (exact) mass is 794 g/mol. The van der Waals surface area contributed by atoms with Gasteiger partial charge in [-0.15, -0.1) is 0 Å². The Morgan fingerprint density at radius 3 is 1.16 bits per heavy atom. The molecule has 4 heterocycles. The lowest BCUT2D eigenvalue weighted by Crippen LogP contribution is -2.35. The fraction of sp³-hybridized carbons (Fsp3) is 0.300. The van der Waals surface area contributed by atoms with Crippen LogP contribution in [0.2, 0.25) is 0 Å². The minimum Gasteiger partial charge on any atom is -0.365 e. The van der Waals surface area contributed by atoms with E-state index < -0.39 is 23.4 Å². The molecule has 304 valence electrons. The van der Waals surface area contributed by atoms with E-state index in [0.717, 1.165) is 45.9 Å². The number of anilines is 6. The number of nitrogens with one attached hydrogen (secondary N) is 4. The summed E-state index contributed by atoms with van der Waals surface area (Å²) in [5.41, 5.74) is 29.8. The number of pyridine rings is 2. The van der Waals surface area contributed by atoms with Crippen molar-refractivity contribution in [3.05, 3.63) is 94.1 Å². The van der Waals surface area contributed by atoms with Crippen LogP contribution < -0.4 is 44.2 Å². The minimum absolute atomic E-state index is 0.0191. The Kier molecular flexibility index (Phi) is 12.9. The van der Waals surface area contributed by atoms with Crippen molar-refractivity contribution in [2.24, 2.45) is 22.9 Å². The second-order valence-corrected chi connectivity index (χ2v) is 14.2. The quantitative estimate of drug-likeness (QED) is 0.0756. The molecule has 0 saturated heterocycles. The summed E-state index contributed by atoms with van der Waals surface area (Å²) in [6.45, 7) is 14.8. The first kappa shape index (κ1) is 42.5. The highest BCUT2D eigenvalue weighted by Crippen LogP contribution is 2.28. The maximum absolute atomic E-state index is 14.4. The third-order valence-electron chi connectivity index (χ3n) is 9.47. The van der Waals surface area contributed by atoms with Gasteiger partial charge in [0.15, 0.2) is 23.3 Å². The van der Waals surface area contributed by atoms with E-state index in [-0.39, 0.29) is 58.6 Å². The number of fused-ring (bicyclic) bond motifs is 2. The highest BCUT2D eigenvalue weighted by molar-refractivity contribution is 5.99. The first-order valence-corrected chi connectivity index (χ1v) is 18.4. The Morgan fingerprint density at radius 2 is 0.845 bits per heavy atom. The fourth-order valence-electron chi connectivity index (χ4n) is 5.33. The van der Waals surface area contributed by atoms with Crippen LogP contribution in [0, 0.1) is 39.3 Å². The molecule has 58 heavy (non-hydrogen) atoms. The third kappa shape index (κ3) is 10.0. The maximum atomic E-state index is 14.4. The SMILES string of the molecule is Cc1nc2ccc(Nc3nc(N[C@@H](C)[C@@H](C)N)c(F)cc3C(N)=O)cc2nc1C.Cc1nc2ccc(Nc3nc(N[C@H](C)[C@H](C)N)c(F)cc3C(N)=O)cc2nc1C. The Hall–Kier alpha value is -6.66. The number of primary amides is 2. The normalized spacial score (nSPS) is 13.2. The van der Waals surface area contributed by atoms with Crippen LogP contribution in [-0.4, -0.2) is 65.9 Å². The first-order valence-electron chi connectivity index (χ1n) is 18.4. The predicted molar refractivity (Wildman–Crippen MR) is 223 cm³/mol. The molecule has 0 aliphatic heterocycles. The predicted octanol–water partition coefficient (Wildman–Crippen LogP) is 5.54. The van der Waals surface area contributed by atoms with Crippen LogP contribution in [0.5, 0.6) is 0 Å². The number of benzene rings is 2. The molecule has 0 unspecified atom stereocenters. The molecule has 0 spiro atoms. The molecule has 0 radical (unpaired) electrons. The number of hydrogen-bond acceptors (Lipinski definition) is 14. The van der Waals surface area contributed by atoms with Crippen molar-refractivity contribution in [1.82, 2.24) is 29.9 Å². The zero-order valence-corrected chi connectivity index (χ0v) is 33.5. The Labute approximate surface area is 334 Å². The average Bonchev–Trinajstić information content (AvgIpc) is 3.15. The van der Waals surface area contributed by atoms with E-state index in [4.69, 9.17) is 22.9 Å². The van der Waals surface area contributed by atoms with E-state index in [1.165, 1.54) is 0 Å². The van der Waals surface area contributed by atoms with Gasteiger partial charge >= 0.3 is 0 Å². The molecule has 0 aliphatic carbocycles. The van der Waals surface area contributed by atoms with E-state index in [9.17, 15) is 18.4 Å². The van der Waals surface area contributed by atoms with Gasteiger partial charge in [0.2, 0.25) is 0 Å². The summed E-state index contributed by atoms with van der Waals surface area (Å²) in [6.07, 6.45) is 0. The highest BCUT2D eigenvalue weighted by Gasteiger charge is 2.20. The highest BCUT2D eigenvalue weighted by atomic mass is 19.1. The fourth-order valence-corrected chi connectivity index (χ4v) is 5.33. The molecule has 18 heteroatoms. The van der Waals surface area contributed by atoms with Crippen LogP contribution in [0.3, 0.4) is 0 Å². The third-order valence-corrected chi connectivity index (χ3v) is 9.47. The van der Waals surface area contributed by atoms with Gasteiger partial charge < -0.3 is 44.2 Å². The number of halogens is 2. The molecule has 0 bridgehead atoms.